The summed E-state index contributed by atoms with van der Waals surface area (Å²) in [6.45, 7) is 0. The standard InChI is InChI=1S/C10H8N2.C5H11NO2S/c1-3-7-11-9(5-1)10-6-2-4-8-12-10;1-9-3-2-4(6)5(7)8/h1-8H;4H,2-3,6H2,1H3,(H,7,8). The molecule has 1 atom stereocenters. The van der Waals surface area contributed by atoms with Crippen LogP contribution < -0.4 is 5.73 Å². The van der Waals surface area contributed by atoms with E-state index >= 15 is 0 Å². The van der Waals surface area contributed by atoms with Crippen molar-refractivity contribution in [1.82, 2.24) is 9.97 Å². The number of carbonyl (C=O) groups is 1. The average Bonchev–Trinajstić information content (AvgIpc) is 2.54. The molecule has 0 aliphatic heterocycles. The van der Waals surface area contributed by atoms with Crippen molar-refractivity contribution in [1.29, 1.82) is 0 Å². The minimum Gasteiger partial charge on any atom is -0.480 e. The first-order valence-corrected chi connectivity index (χ1v) is 7.84. The third kappa shape index (κ3) is 6.87. The number of thioether (sulfide) groups is 1. The van der Waals surface area contributed by atoms with E-state index in [0.29, 0.717) is 6.42 Å². The Labute approximate surface area is 128 Å². The van der Waals surface area contributed by atoms with E-state index in [2.05, 4.69) is 9.97 Å². The fourth-order valence-corrected chi connectivity index (χ4v) is 1.89. The summed E-state index contributed by atoms with van der Waals surface area (Å²) in [5.74, 6) is -0.1000. The molecule has 5 nitrogen and oxygen atoms in total. The van der Waals surface area contributed by atoms with Crippen molar-refractivity contribution in [2.45, 2.75) is 12.5 Å². The maximum Gasteiger partial charge on any atom is 0.320 e. The Morgan fingerprint density at radius 3 is 2.05 bits per heavy atom. The van der Waals surface area contributed by atoms with Crippen LogP contribution in [0.1, 0.15) is 6.42 Å². The van der Waals surface area contributed by atoms with Crippen LogP contribution in [0.3, 0.4) is 0 Å². The molecule has 0 fully saturated rings. The van der Waals surface area contributed by atoms with E-state index in [1.165, 1.54) is 0 Å². The summed E-state index contributed by atoms with van der Waals surface area (Å²) in [4.78, 5) is 18.4. The Bertz CT molecular complexity index is 485. The minimum atomic E-state index is -0.913. The highest BCUT2D eigenvalue weighted by atomic mass is 32.2. The molecule has 0 saturated heterocycles. The van der Waals surface area contributed by atoms with Crippen molar-refractivity contribution in [3.8, 4) is 11.4 Å². The zero-order valence-corrected chi connectivity index (χ0v) is 12.7. The number of nitrogens with zero attached hydrogens (tertiary/aromatic N) is 2. The second-order valence-corrected chi connectivity index (χ2v) is 5.14. The molecule has 2 rings (SSSR count). The summed E-state index contributed by atoms with van der Waals surface area (Å²) in [7, 11) is 0. The molecule has 2 aromatic heterocycles. The van der Waals surface area contributed by atoms with Gasteiger partial charge in [-0.3, -0.25) is 14.8 Å². The monoisotopic (exact) mass is 305 g/mol. The van der Waals surface area contributed by atoms with Gasteiger partial charge in [-0.25, -0.2) is 0 Å². The zero-order chi connectivity index (χ0) is 15.5. The van der Waals surface area contributed by atoms with E-state index in [4.69, 9.17) is 10.8 Å². The van der Waals surface area contributed by atoms with Crippen LogP contribution in [-0.4, -0.2) is 39.1 Å². The van der Waals surface area contributed by atoms with E-state index in [1.807, 2.05) is 42.7 Å². The van der Waals surface area contributed by atoms with Gasteiger partial charge in [0.05, 0.1) is 11.4 Å². The molecule has 2 heterocycles. The lowest BCUT2D eigenvalue weighted by molar-refractivity contribution is -0.138. The molecule has 0 aromatic carbocycles. The van der Waals surface area contributed by atoms with E-state index in [1.54, 1.807) is 24.2 Å². The maximum absolute atomic E-state index is 10.1. The Morgan fingerprint density at radius 2 is 1.71 bits per heavy atom. The second-order valence-electron chi connectivity index (χ2n) is 4.16. The maximum atomic E-state index is 10.1. The number of hydrogen-bond acceptors (Lipinski definition) is 5. The Hall–Kier alpha value is -1.92. The predicted octanol–water partition coefficient (Wildman–Crippen LogP) is 2.29. The van der Waals surface area contributed by atoms with E-state index in [-0.39, 0.29) is 0 Å². The number of pyridine rings is 2. The largest absolute Gasteiger partial charge is 0.480 e. The van der Waals surface area contributed by atoms with Gasteiger partial charge in [0.1, 0.15) is 6.04 Å². The molecule has 112 valence electrons. The first-order chi connectivity index (χ1) is 10.1. The second kappa shape index (κ2) is 9.90. The van der Waals surface area contributed by atoms with Crippen molar-refractivity contribution >= 4 is 17.7 Å². The number of rotatable bonds is 5. The fourth-order valence-electron chi connectivity index (χ4n) is 1.40. The molecule has 3 N–H and O–H groups in total. The fraction of sp³-hybridized carbons (Fsp3) is 0.267. The summed E-state index contributed by atoms with van der Waals surface area (Å²) in [5.41, 5.74) is 7.02. The van der Waals surface area contributed by atoms with Crippen molar-refractivity contribution in [2.75, 3.05) is 12.0 Å². The SMILES string of the molecule is CSCCC(N)C(=O)O.c1ccc(-c2ccccn2)nc1. The molecule has 21 heavy (non-hydrogen) atoms. The van der Waals surface area contributed by atoms with Crippen LogP contribution in [0.4, 0.5) is 0 Å². The van der Waals surface area contributed by atoms with E-state index in [9.17, 15) is 4.79 Å². The summed E-state index contributed by atoms with van der Waals surface area (Å²) < 4.78 is 0. The minimum absolute atomic E-state index is 0.552. The molecule has 2 aromatic rings. The van der Waals surface area contributed by atoms with Gasteiger partial charge in [0, 0.05) is 12.4 Å². The predicted molar refractivity (Wildman–Crippen MR) is 86.1 cm³/mol. The van der Waals surface area contributed by atoms with Gasteiger partial charge in [-0.2, -0.15) is 11.8 Å². The van der Waals surface area contributed by atoms with Crippen LogP contribution in [0.25, 0.3) is 11.4 Å². The van der Waals surface area contributed by atoms with E-state index in [0.717, 1.165) is 17.1 Å². The van der Waals surface area contributed by atoms with Gasteiger partial charge in [0.25, 0.3) is 0 Å². The van der Waals surface area contributed by atoms with Crippen LogP contribution in [0, 0.1) is 0 Å². The number of hydrogen-bond donors (Lipinski definition) is 2. The molecule has 0 bridgehead atoms. The molecule has 0 spiro atoms. The Morgan fingerprint density at radius 1 is 1.19 bits per heavy atom. The molecule has 0 radical (unpaired) electrons. The van der Waals surface area contributed by atoms with Crippen LogP contribution in [0.15, 0.2) is 48.8 Å². The lowest BCUT2D eigenvalue weighted by Crippen LogP contribution is -2.30. The van der Waals surface area contributed by atoms with Crippen LogP contribution in [0.2, 0.25) is 0 Å². The van der Waals surface area contributed by atoms with Gasteiger partial charge in [-0.15, -0.1) is 0 Å². The first-order valence-electron chi connectivity index (χ1n) is 6.45. The molecular weight excluding hydrogens is 286 g/mol. The topological polar surface area (TPSA) is 89.1 Å². The van der Waals surface area contributed by atoms with Crippen molar-refractivity contribution in [3.63, 3.8) is 0 Å². The summed E-state index contributed by atoms with van der Waals surface area (Å²) in [6, 6.07) is 10.9. The smallest absolute Gasteiger partial charge is 0.320 e. The normalized spacial score (nSPS) is 11.1. The summed E-state index contributed by atoms with van der Waals surface area (Å²) in [6.07, 6.45) is 6.01. The third-order valence-corrected chi connectivity index (χ3v) is 3.19. The van der Waals surface area contributed by atoms with Gasteiger partial charge < -0.3 is 10.8 Å². The zero-order valence-electron chi connectivity index (χ0n) is 11.8. The van der Waals surface area contributed by atoms with Gasteiger partial charge in [0.15, 0.2) is 0 Å². The van der Waals surface area contributed by atoms with Crippen molar-refractivity contribution in [3.05, 3.63) is 48.8 Å². The molecule has 0 saturated carbocycles. The van der Waals surface area contributed by atoms with Gasteiger partial charge in [-0.05, 0) is 42.7 Å². The molecule has 0 aliphatic carbocycles. The summed E-state index contributed by atoms with van der Waals surface area (Å²) >= 11 is 1.60. The summed E-state index contributed by atoms with van der Waals surface area (Å²) in [5, 5.41) is 8.27. The van der Waals surface area contributed by atoms with Crippen molar-refractivity contribution in [2.24, 2.45) is 5.73 Å². The quantitative estimate of drug-likeness (QED) is 0.881. The van der Waals surface area contributed by atoms with Crippen LogP contribution in [0.5, 0.6) is 0 Å². The average molecular weight is 305 g/mol. The first kappa shape index (κ1) is 17.1. The van der Waals surface area contributed by atoms with Crippen molar-refractivity contribution < 1.29 is 9.90 Å². The number of carboxylic acid groups (broad SMARTS) is 1. The molecule has 0 aliphatic rings. The highest BCUT2D eigenvalue weighted by Gasteiger charge is 2.08. The molecule has 6 heteroatoms. The molecular formula is C15H19N3O2S. The number of aliphatic carboxylic acids is 1. The number of carboxylic acids is 1. The number of nitrogens with two attached hydrogens (primary N) is 1. The van der Waals surface area contributed by atoms with Gasteiger partial charge in [-0.1, -0.05) is 12.1 Å². The van der Waals surface area contributed by atoms with Crippen LogP contribution >= 0.6 is 11.8 Å². The Balaban J connectivity index is 0.000000222. The third-order valence-electron chi connectivity index (χ3n) is 2.54. The Kier molecular flexibility index (Phi) is 8.08. The highest BCUT2D eigenvalue weighted by Crippen LogP contribution is 2.10. The lowest BCUT2D eigenvalue weighted by atomic mass is 10.2. The number of aromatic nitrogens is 2. The van der Waals surface area contributed by atoms with Gasteiger partial charge >= 0.3 is 5.97 Å². The lowest BCUT2D eigenvalue weighted by Gasteiger charge is -2.02. The molecule has 0 amide bonds. The molecule has 1 unspecified atom stereocenters. The van der Waals surface area contributed by atoms with Gasteiger partial charge in [0.2, 0.25) is 0 Å². The highest BCUT2D eigenvalue weighted by molar-refractivity contribution is 7.98. The van der Waals surface area contributed by atoms with E-state index < -0.39 is 12.0 Å². The van der Waals surface area contributed by atoms with Crippen LogP contribution in [-0.2, 0) is 4.79 Å².